The number of hydrogen-bond acceptors (Lipinski definition) is 2. The van der Waals surface area contributed by atoms with E-state index in [0.29, 0.717) is 0 Å². The molecule has 0 radical (unpaired) electrons. The van der Waals surface area contributed by atoms with Crippen molar-refractivity contribution in [2.75, 3.05) is 26.2 Å². The third-order valence-corrected chi connectivity index (χ3v) is 3.11. The molecule has 2 nitrogen and oxygen atoms in total. The van der Waals surface area contributed by atoms with Gasteiger partial charge in [-0.1, -0.05) is 24.8 Å². The van der Waals surface area contributed by atoms with Gasteiger partial charge < -0.3 is 5.32 Å². The van der Waals surface area contributed by atoms with Gasteiger partial charge >= 0.3 is 0 Å². The summed E-state index contributed by atoms with van der Waals surface area (Å²) in [6, 6.07) is 0. The number of allylic oxidation sites excluding steroid dienone is 2. The summed E-state index contributed by atoms with van der Waals surface area (Å²) in [5, 5.41) is 3.26. The molecule has 0 aromatic heterocycles. The Morgan fingerprint density at radius 3 is 3.31 bits per heavy atom. The van der Waals surface area contributed by atoms with Gasteiger partial charge in [0.25, 0.3) is 0 Å². The summed E-state index contributed by atoms with van der Waals surface area (Å²) in [5.41, 5.74) is 1.45. The maximum Gasteiger partial charge on any atom is 0.0764 e. The number of likely N-dealkylation sites (tertiary alicyclic amines) is 1. The molecular formula is C14H20N2. The Balaban J connectivity index is 1.88. The summed E-state index contributed by atoms with van der Waals surface area (Å²) in [6.45, 7) is 6.69. The molecule has 2 rings (SSSR count). The third kappa shape index (κ3) is 3.43. The van der Waals surface area contributed by atoms with Gasteiger partial charge in [-0.3, -0.25) is 4.90 Å². The first-order valence-corrected chi connectivity index (χ1v) is 6.11. The van der Waals surface area contributed by atoms with Gasteiger partial charge in [-0.2, -0.15) is 0 Å². The monoisotopic (exact) mass is 216 g/mol. The summed E-state index contributed by atoms with van der Waals surface area (Å²) < 4.78 is 0. The topological polar surface area (TPSA) is 15.3 Å². The highest BCUT2D eigenvalue weighted by molar-refractivity contribution is 5.21. The first-order valence-electron chi connectivity index (χ1n) is 6.11. The Morgan fingerprint density at radius 2 is 2.50 bits per heavy atom. The minimum absolute atomic E-state index is 0.754. The van der Waals surface area contributed by atoms with E-state index in [9.17, 15) is 0 Å². The number of nitrogens with zero attached hydrogens (tertiary/aromatic N) is 1. The van der Waals surface area contributed by atoms with Crippen molar-refractivity contribution >= 4 is 0 Å². The smallest absolute Gasteiger partial charge is 0.0764 e. The van der Waals surface area contributed by atoms with E-state index in [4.69, 9.17) is 0 Å². The summed E-state index contributed by atoms with van der Waals surface area (Å²) in [7, 11) is 0. The Morgan fingerprint density at radius 1 is 1.56 bits per heavy atom. The van der Waals surface area contributed by atoms with Gasteiger partial charge in [-0.05, 0) is 43.2 Å². The molecule has 0 aromatic rings. The van der Waals surface area contributed by atoms with Crippen molar-refractivity contribution in [2.24, 2.45) is 5.92 Å². The van der Waals surface area contributed by atoms with Crippen molar-refractivity contribution in [3.63, 3.8) is 0 Å². The molecule has 2 aliphatic rings. The van der Waals surface area contributed by atoms with Crippen LogP contribution in [0.3, 0.4) is 0 Å². The summed E-state index contributed by atoms with van der Waals surface area (Å²) >= 11 is 0. The second-order valence-corrected chi connectivity index (χ2v) is 4.74. The minimum atomic E-state index is 0.754. The molecule has 0 aromatic carbocycles. The Hall–Kier alpha value is -1.20. The first kappa shape index (κ1) is 11.3. The quantitative estimate of drug-likeness (QED) is 0.708. The van der Waals surface area contributed by atoms with E-state index in [-0.39, 0.29) is 0 Å². The highest BCUT2D eigenvalue weighted by Crippen LogP contribution is 2.17. The molecule has 0 amide bonds. The maximum atomic E-state index is 3.26. The molecule has 1 fully saturated rings. The third-order valence-electron chi connectivity index (χ3n) is 3.11. The average molecular weight is 216 g/mol. The van der Waals surface area contributed by atoms with Gasteiger partial charge in [-0.25, -0.2) is 0 Å². The van der Waals surface area contributed by atoms with Crippen LogP contribution in [0.2, 0.25) is 0 Å². The van der Waals surface area contributed by atoms with E-state index in [0.717, 1.165) is 25.4 Å². The van der Waals surface area contributed by atoms with Gasteiger partial charge in [0.05, 0.1) is 6.54 Å². The van der Waals surface area contributed by atoms with Gasteiger partial charge in [0.15, 0.2) is 0 Å². The van der Waals surface area contributed by atoms with Crippen molar-refractivity contribution in [1.29, 1.82) is 0 Å². The van der Waals surface area contributed by atoms with Crippen LogP contribution in [0.15, 0.2) is 23.9 Å². The lowest BCUT2D eigenvalue weighted by molar-refractivity contribution is 0.353. The van der Waals surface area contributed by atoms with E-state index in [2.05, 4.69) is 41.3 Å². The predicted octanol–water partition coefficient (Wildman–Crippen LogP) is 1.77. The molecule has 1 saturated heterocycles. The summed E-state index contributed by atoms with van der Waals surface area (Å²) in [4.78, 5) is 2.55. The van der Waals surface area contributed by atoms with E-state index >= 15 is 0 Å². The second kappa shape index (κ2) is 5.77. The van der Waals surface area contributed by atoms with E-state index in [1.165, 1.54) is 25.1 Å². The standard InChI is InChI=1S/C14H20N2/c1-13-7-9-16(11-13)12-14-6-4-2-3-5-8-15-10-14/h2,4,10,13,15H,6-9,11-12H2,1H3/b4-2-,14-10+. The first-order chi connectivity index (χ1) is 7.84. The van der Waals surface area contributed by atoms with Crippen LogP contribution in [-0.4, -0.2) is 31.1 Å². The fraction of sp³-hybridized carbons (Fsp3) is 0.571. The van der Waals surface area contributed by atoms with Crippen LogP contribution in [-0.2, 0) is 0 Å². The second-order valence-electron chi connectivity index (χ2n) is 4.74. The molecule has 0 aliphatic carbocycles. The Bertz CT molecular complexity index is 343. The van der Waals surface area contributed by atoms with Crippen molar-refractivity contribution in [3.8, 4) is 11.8 Å². The van der Waals surface area contributed by atoms with Gasteiger partial charge in [0.1, 0.15) is 0 Å². The molecule has 16 heavy (non-hydrogen) atoms. The molecule has 1 atom stereocenters. The fourth-order valence-electron chi connectivity index (χ4n) is 2.25. The molecule has 2 heterocycles. The highest BCUT2D eigenvalue weighted by atomic mass is 15.1. The van der Waals surface area contributed by atoms with Crippen molar-refractivity contribution in [3.05, 3.63) is 23.9 Å². The SMILES string of the molecule is CC1CCN(C/C2=C/NCC#C/C=C\C2)C1. The molecule has 2 aliphatic heterocycles. The van der Waals surface area contributed by atoms with Crippen LogP contribution in [0.1, 0.15) is 19.8 Å². The fourth-order valence-corrected chi connectivity index (χ4v) is 2.25. The Kier molecular flexibility index (Phi) is 4.07. The van der Waals surface area contributed by atoms with Crippen molar-refractivity contribution in [1.82, 2.24) is 10.2 Å². The van der Waals surface area contributed by atoms with Gasteiger partial charge in [0, 0.05) is 13.1 Å². The molecule has 0 saturated carbocycles. The maximum absolute atomic E-state index is 3.26. The normalized spacial score (nSPS) is 31.1. The largest absolute Gasteiger partial charge is 0.380 e. The molecular weight excluding hydrogens is 196 g/mol. The van der Waals surface area contributed by atoms with Crippen LogP contribution in [0.5, 0.6) is 0 Å². The summed E-state index contributed by atoms with van der Waals surface area (Å²) in [6.07, 6.45) is 8.64. The van der Waals surface area contributed by atoms with Gasteiger partial charge in [0.2, 0.25) is 0 Å². The number of hydrogen-bond donors (Lipinski definition) is 1. The number of nitrogens with one attached hydrogen (secondary N) is 1. The molecule has 86 valence electrons. The lowest BCUT2D eigenvalue weighted by Gasteiger charge is -2.17. The predicted molar refractivity (Wildman–Crippen MR) is 67.8 cm³/mol. The van der Waals surface area contributed by atoms with E-state index in [1.807, 2.05) is 6.08 Å². The summed E-state index contributed by atoms with van der Waals surface area (Å²) in [5.74, 6) is 6.92. The van der Waals surface area contributed by atoms with Crippen LogP contribution >= 0.6 is 0 Å². The lowest BCUT2D eigenvalue weighted by Crippen LogP contribution is -2.23. The average Bonchev–Trinajstić information content (AvgIpc) is 2.71. The zero-order valence-corrected chi connectivity index (χ0v) is 10.00. The van der Waals surface area contributed by atoms with Crippen molar-refractivity contribution < 1.29 is 0 Å². The van der Waals surface area contributed by atoms with E-state index in [1.54, 1.807) is 0 Å². The minimum Gasteiger partial charge on any atom is -0.380 e. The zero-order valence-electron chi connectivity index (χ0n) is 10.00. The van der Waals surface area contributed by atoms with Gasteiger partial charge in [-0.15, -0.1) is 0 Å². The molecule has 1 unspecified atom stereocenters. The van der Waals surface area contributed by atoms with Crippen LogP contribution in [0, 0.1) is 17.8 Å². The van der Waals surface area contributed by atoms with Crippen LogP contribution < -0.4 is 5.32 Å². The zero-order chi connectivity index (χ0) is 11.2. The van der Waals surface area contributed by atoms with Crippen LogP contribution in [0.4, 0.5) is 0 Å². The molecule has 0 bridgehead atoms. The molecule has 2 heteroatoms. The number of rotatable bonds is 2. The Labute approximate surface area is 98.4 Å². The lowest BCUT2D eigenvalue weighted by atomic mass is 10.1. The highest BCUT2D eigenvalue weighted by Gasteiger charge is 2.18. The van der Waals surface area contributed by atoms with Crippen molar-refractivity contribution in [2.45, 2.75) is 19.8 Å². The molecule has 1 N–H and O–H groups in total. The van der Waals surface area contributed by atoms with Crippen LogP contribution in [0.25, 0.3) is 0 Å². The van der Waals surface area contributed by atoms with E-state index < -0.39 is 0 Å². The molecule has 0 spiro atoms.